The van der Waals surface area contributed by atoms with E-state index in [2.05, 4.69) is 0 Å². The largest absolute Gasteiger partial charge is 0.353 e. The Kier molecular flexibility index (Phi) is 2.76. The molecule has 90 valence electrons. The van der Waals surface area contributed by atoms with Crippen LogP contribution in [0.4, 0.5) is 9.59 Å². The number of hydrogen-bond donors (Lipinski definition) is 0. The molecule has 2 heterocycles. The summed E-state index contributed by atoms with van der Waals surface area (Å²) in [6.07, 6.45) is -1.44. The number of fused-ring (bicyclic) bond motifs is 1. The van der Waals surface area contributed by atoms with Crippen LogP contribution in [-0.4, -0.2) is 48.6 Å². The van der Waals surface area contributed by atoms with Crippen LogP contribution in [0.1, 0.15) is 13.8 Å². The fourth-order valence-corrected chi connectivity index (χ4v) is 2.78. The molecule has 2 fully saturated rings. The summed E-state index contributed by atoms with van der Waals surface area (Å²) in [5.74, 6) is 0. The molecule has 4 amide bonds. The molecule has 0 bridgehead atoms. The summed E-state index contributed by atoms with van der Waals surface area (Å²) in [5, 5.41) is 0. The lowest BCUT2D eigenvalue weighted by Gasteiger charge is -2.27. The van der Waals surface area contributed by atoms with E-state index >= 15 is 0 Å². The summed E-state index contributed by atoms with van der Waals surface area (Å²) in [5.41, 5.74) is 0. The van der Waals surface area contributed by atoms with E-state index in [1.165, 1.54) is 4.90 Å². The molecule has 0 aliphatic carbocycles. The van der Waals surface area contributed by atoms with E-state index in [-0.39, 0.29) is 6.04 Å². The third kappa shape index (κ3) is 1.33. The number of carbonyl (C=O) groups excluding carboxylic acids is 2. The highest BCUT2D eigenvalue weighted by Gasteiger charge is 2.60. The molecule has 2 saturated heterocycles. The SMILES string of the molecule is CC(C)N1C(=O)N(Cl)[C@H]2[C@H]1N(Cl)C(=O)N2Cl. The van der Waals surface area contributed by atoms with Gasteiger partial charge in [-0.05, 0) is 13.8 Å². The van der Waals surface area contributed by atoms with Crippen molar-refractivity contribution in [1.29, 1.82) is 0 Å². The Morgan fingerprint density at radius 1 is 0.938 bits per heavy atom. The molecule has 16 heavy (non-hydrogen) atoms. The predicted octanol–water partition coefficient (Wildman–Crippen LogP) is 1.98. The number of hydrogen-bond acceptors (Lipinski definition) is 2. The topological polar surface area (TPSA) is 47.1 Å². The molecule has 2 rings (SSSR count). The van der Waals surface area contributed by atoms with Crippen molar-refractivity contribution in [3.8, 4) is 0 Å². The van der Waals surface area contributed by atoms with E-state index in [9.17, 15) is 9.59 Å². The summed E-state index contributed by atoms with van der Waals surface area (Å²) in [6, 6.07) is -1.15. The zero-order valence-corrected chi connectivity index (χ0v) is 10.7. The second kappa shape index (κ2) is 3.72. The van der Waals surface area contributed by atoms with Crippen molar-refractivity contribution in [1.82, 2.24) is 18.2 Å². The van der Waals surface area contributed by atoms with Gasteiger partial charge >= 0.3 is 12.1 Å². The molecule has 9 heteroatoms. The van der Waals surface area contributed by atoms with Gasteiger partial charge in [-0.3, -0.25) is 4.90 Å². The van der Waals surface area contributed by atoms with Crippen molar-refractivity contribution in [2.75, 3.05) is 0 Å². The zero-order valence-electron chi connectivity index (χ0n) is 8.47. The highest BCUT2D eigenvalue weighted by Crippen LogP contribution is 2.39. The van der Waals surface area contributed by atoms with Gasteiger partial charge in [-0.2, -0.15) is 0 Å². The Morgan fingerprint density at radius 2 is 1.38 bits per heavy atom. The highest BCUT2D eigenvalue weighted by molar-refractivity contribution is 6.31. The molecule has 0 unspecified atom stereocenters. The van der Waals surface area contributed by atoms with Gasteiger partial charge in [0.15, 0.2) is 12.3 Å². The average Bonchev–Trinajstić information content (AvgIpc) is 2.59. The number of amides is 4. The molecule has 2 atom stereocenters. The van der Waals surface area contributed by atoms with Crippen LogP contribution in [-0.2, 0) is 0 Å². The summed E-state index contributed by atoms with van der Waals surface area (Å²) >= 11 is 17.4. The number of rotatable bonds is 1. The Labute approximate surface area is 108 Å². The fraction of sp³-hybridized carbons (Fsp3) is 0.714. The summed E-state index contributed by atoms with van der Waals surface area (Å²) in [7, 11) is 0. The van der Waals surface area contributed by atoms with Gasteiger partial charge < -0.3 is 0 Å². The van der Waals surface area contributed by atoms with E-state index in [1.54, 1.807) is 13.8 Å². The van der Waals surface area contributed by atoms with E-state index in [4.69, 9.17) is 35.3 Å². The van der Waals surface area contributed by atoms with Crippen molar-refractivity contribution in [3.05, 3.63) is 0 Å². The van der Waals surface area contributed by atoms with Crippen LogP contribution in [0.5, 0.6) is 0 Å². The average molecular weight is 288 g/mol. The maximum absolute atomic E-state index is 11.8. The minimum atomic E-state index is -0.775. The molecule has 6 nitrogen and oxygen atoms in total. The first-order valence-electron chi connectivity index (χ1n) is 4.59. The molecule has 0 aromatic heterocycles. The minimum Gasteiger partial charge on any atom is -0.295 e. The van der Waals surface area contributed by atoms with Gasteiger partial charge in [-0.25, -0.2) is 22.8 Å². The predicted molar refractivity (Wildman–Crippen MR) is 58.4 cm³/mol. The fourth-order valence-electron chi connectivity index (χ4n) is 1.87. The van der Waals surface area contributed by atoms with Crippen LogP contribution < -0.4 is 0 Å². The molecule has 0 aromatic rings. The second-order valence-corrected chi connectivity index (χ2v) is 4.92. The maximum atomic E-state index is 11.8. The monoisotopic (exact) mass is 286 g/mol. The summed E-state index contributed by atoms with van der Waals surface area (Å²) in [4.78, 5) is 24.7. The van der Waals surface area contributed by atoms with Gasteiger partial charge in [-0.1, -0.05) is 0 Å². The smallest absolute Gasteiger partial charge is 0.295 e. The van der Waals surface area contributed by atoms with Gasteiger partial charge in [0.1, 0.15) is 0 Å². The quantitative estimate of drug-likeness (QED) is 0.692. The summed E-state index contributed by atoms with van der Waals surface area (Å²) < 4.78 is 2.60. The maximum Gasteiger partial charge on any atom is 0.353 e. The molecule has 0 radical (unpaired) electrons. The molecule has 0 aromatic carbocycles. The molecule has 2 aliphatic rings. The van der Waals surface area contributed by atoms with E-state index < -0.39 is 24.4 Å². The number of carbonyl (C=O) groups is 2. The first-order chi connectivity index (χ1) is 7.37. The van der Waals surface area contributed by atoms with Gasteiger partial charge in [0.2, 0.25) is 0 Å². The van der Waals surface area contributed by atoms with Crippen molar-refractivity contribution in [2.24, 2.45) is 0 Å². The zero-order chi connectivity index (χ0) is 12.2. The van der Waals surface area contributed by atoms with Crippen LogP contribution in [0.3, 0.4) is 0 Å². The number of urea groups is 2. The number of nitrogens with zero attached hydrogens (tertiary/aromatic N) is 4. The highest BCUT2D eigenvalue weighted by atomic mass is 35.5. The second-order valence-electron chi connectivity index (χ2n) is 3.83. The number of halogens is 3. The van der Waals surface area contributed by atoms with Crippen molar-refractivity contribution >= 4 is 47.4 Å². The lowest BCUT2D eigenvalue weighted by molar-refractivity contribution is 0.149. The van der Waals surface area contributed by atoms with Crippen LogP contribution >= 0.6 is 35.3 Å². The van der Waals surface area contributed by atoms with Gasteiger partial charge in [0.05, 0.1) is 0 Å². The molecular weight excluding hydrogens is 278 g/mol. The van der Waals surface area contributed by atoms with E-state index in [0.717, 1.165) is 13.3 Å². The first kappa shape index (κ1) is 11.9. The van der Waals surface area contributed by atoms with Crippen LogP contribution in [0.25, 0.3) is 0 Å². The molecular formula is C7H9Cl3N4O2. The lowest BCUT2D eigenvalue weighted by atomic mass is 10.3. The van der Waals surface area contributed by atoms with Crippen LogP contribution in [0.2, 0.25) is 0 Å². The van der Waals surface area contributed by atoms with Crippen molar-refractivity contribution in [2.45, 2.75) is 32.2 Å². The van der Waals surface area contributed by atoms with E-state index in [0.29, 0.717) is 0 Å². The Bertz CT molecular complexity index is 353. The van der Waals surface area contributed by atoms with Crippen molar-refractivity contribution < 1.29 is 9.59 Å². The normalized spacial score (nSPS) is 29.9. The van der Waals surface area contributed by atoms with Crippen LogP contribution in [0.15, 0.2) is 0 Å². The third-order valence-corrected chi connectivity index (χ3v) is 3.61. The van der Waals surface area contributed by atoms with Crippen molar-refractivity contribution in [3.63, 3.8) is 0 Å². The van der Waals surface area contributed by atoms with Gasteiger partial charge in [-0.15, -0.1) is 0 Å². The molecule has 2 aliphatic heterocycles. The molecule has 0 N–H and O–H groups in total. The molecule has 0 saturated carbocycles. The standard InChI is InChI=1S/C7H9Cl3N4O2/c1-3(2)11-4-5(13(9)6(11)15)14(10)7(16)12(4)8/h3-5H,1-2H3/t4-,5-/m1/s1. The van der Waals surface area contributed by atoms with Crippen LogP contribution in [0, 0.1) is 0 Å². The molecule has 0 spiro atoms. The Morgan fingerprint density at radius 3 is 1.88 bits per heavy atom. The lowest BCUT2D eigenvalue weighted by Crippen LogP contribution is -2.45. The first-order valence-corrected chi connectivity index (χ1v) is 5.60. The van der Waals surface area contributed by atoms with Gasteiger partial charge in [0.25, 0.3) is 0 Å². The van der Waals surface area contributed by atoms with E-state index in [1.807, 2.05) is 0 Å². The third-order valence-electron chi connectivity index (χ3n) is 2.57. The van der Waals surface area contributed by atoms with Gasteiger partial charge in [0, 0.05) is 41.4 Å². The Hall–Kier alpha value is -0.590. The Balaban J connectivity index is 2.40. The minimum absolute atomic E-state index is 0.138. The summed E-state index contributed by atoms with van der Waals surface area (Å²) in [6.45, 7) is 3.61.